The monoisotopic (exact) mass is 703 g/mol. The van der Waals surface area contributed by atoms with Crippen molar-refractivity contribution in [3.05, 3.63) is 130 Å². The molecule has 4 aromatic rings. The molecule has 0 saturated heterocycles. The zero-order valence-electron chi connectivity index (χ0n) is 26.7. The Morgan fingerprint density at radius 3 is 2.13 bits per heavy atom. The maximum absolute atomic E-state index is 14.6. The van der Waals surface area contributed by atoms with Crippen LogP contribution in [0.15, 0.2) is 112 Å². The number of nitrogens with zero attached hydrogens (tertiary/aromatic N) is 2. The molecule has 242 valence electrons. The Hall–Kier alpha value is -3.95. The average Bonchev–Trinajstić information content (AvgIpc) is 3.06. The van der Waals surface area contributed by atoms with Gasteiger partial charge in [0.15, 0.2) is 0 Å². The van der Waals surface area contributed by atoms with Gasteiger partial charge in [0.25, 0.3) is 10.0 Å². The number of carbonyl (C=O) groups is 2. The lowest BCUT2D eigenvalue weighted by Crippen LogP contribution is -2.53. The molecule has 0 fully saturated rings. The summed E-state index contributed by atoms with van der Waals surface area (Å²) in [7, 11) is -4.15. The summed E-state index contributed by atoms with van der Waals surface area (Å²) in [6, 6.07) is 30.1. The molecule has 0 unspecified atom stereocenters. The summed E-state index contributed by atoms with van der Waals surface area (Å²) < 4.78 is 30.7. The van der Waals surface area contributed by atoms with Crippen molar-refractivity contribution in [3.63, 3.8) is 0 Å². The minimum atomic E-state index is -4.15. The normalized spacial score (nSPS) is 11.9. The van der Waals surface area contributed by atoms with Gasteiger partial charge in [-0.15, -0.1) is 0 Å². The molecule has 4 rings (SSSR count). The van der Waals surface area contributed by atoms with E-state index in [9.17, 15) is 18.0 Å². The maximum Gasteiger partial charge on any atom is 0.264 e. The van der Waals surface area contributed by atoms with Gasteiger partial charge in [-0.05, 0) is 66.8 Å². The Labute approximate surface area is 281 Å². The van der Waals surface area contributed by atoms with Gasteiger partial charge in [0.1, 0.15) is 12.6 Å². The third-order valence-electron chi connectivity index (χ3n) is 7.90. The lowest BCUT2D eigenvalue weighted by molar-refractivity contribution is -0.140. The van der Waals surface area contributed by atoms with Gasteiger partial charge in [-0.3, -0.25) is 13.9 Å². The molecule has 2 amide bonds. The second-order valence-corrected chi connectivity index (χ2v) is 14.1. The fourth-order valence-electron chi connectivity index (χ4n) is 5.25. The van der Waals surface area contributed by atoms with E-state index in [4.69, 9.17) is 0 Å². The molecule has 0 spiro atoms. The Morgan fingerprint density at radius 2 is 1.48 bits per heavy atom. The summed E-state index contributed by atoms with van der Waals surface area (Å²) in [6.45, 7) is 6.03. The lowest BCUT2D eigenvalue weighted by Gasteiger charge is -2.34. The SMILES string of the molecule is CCCCNC(=O)[C@H](Cc1ccccc1)N(Cc1ccc(Br)cc1)C(=O)CN(c1ccccc1CC)S(=O)(=O)c1ccc(C)cc1. The molecule has 0 aromatic heterocycles. The molecule has 4 aromatic carbocycles. The van der Waals surface area contributed by atoms with E-state index in [0.717, 1.165) is 39.6 Å². The lowest BCUT2D eigenvalue weighted by atomic mass is 10.0. The van der Waals surface area contributed by atoms with Crippen molar-refractivity contribution in [2.24, 2.45) is 0 Å². The van der Waals surface area contributed by atoms with Crippen molar-refractivity contribution in [2.75, 3.05) is 17.4 Å². The van der Waals surface area contributed by atoms with Crippen LogP contribution < -0.4 is 9.62 Å². The Bertz CT molecular complexity index is 1700. The number of benzene rings is 4. The molecule has 0 bridgehead atoms. The highest BCUT2D eigenvalue weighted by atomic mass is 79.9. The van der Waals surface area contributed by atoms with Crippen molar-refractivity contribution in [1.29, 1.82) is 0 Å². The Balaban J connectivity index is 1.81. The highest BCUT2D eigenvalue weighted by molar-refractivity contribution is 9.10. The minimum Gasteiger partial charge on any atom is -0.354 e. The molecular weight excluding hydrogens is 662 g/mol. The number of carbonyl (C=O) groups excluding carboxylic acids is 2. The van der Waals surface area contributed by atoms with E-state index < -0.39 is 28.5 Å². The van der Waals surface area contributed by atoms with Crippen LogP contribution in [0.1, 0.15) is 48.9 Å². The van der Waals surface area contributed by atoms with E-state index >= 15 is 0 Å². The van der Waals surface area contributed by atoms with Crippen molar-refractivity contribution in [3.8, 4) is 0 Å². The summed E-state index contributed by atoms with van der Waals surface area (Å²) in [5.74, 6) is -0.749. The number of hydrogen-bond donors (Lipinski definition) is 1. The van der Waals surface area contributed by atoms with E-state index in [2.05, 4.69) is 21.2 Å². The van der Waals surface area contributed by atoms with Crippen LogP contribution in [0.2, 0.25) is 0 Å². The second kappa shape index (κ2) is 16.6. The average molecular weight is 705 g/mol. The Morgan fingerprint density at radius 1 is 0.826 bits per heavy atom. The van der Waals surface area contributed by atoms with Gasteiger partial charge in [-0.25, -0.2) is 8.42 Å². The molecule has 0 heterocycles. The predicted octanol–water partition coefficient (Wildman–Crippen LogP) is 7.07. The molecule has 7 nitrogen and oxygen atoms in total. The molecular formula is C37H42BrN3O4S. The Kier molecular flexibility index (Phi) is 12.6. The number of anilines is 1. The molecule has 46 heavy (non-hydrogen) atoms. The number of sulfonamides is 1. The minimum absolute atomic E-state index is 0.0920. The first-order chi connectivity index (χ1) is 22.1. The van der Waals surface area contributed by atoms with Crippen LogP contribution in [-0.2, 0) is 39.0 Å². The van der Waals surface area contributed by atoms with Crippen molar-refractivity contribution in [2.45, 2.75) is 63.9 Å². The van der Waals surface area contributed by atoms with Gasteiger partial charge in [0, 0.05) is 24.0 Å². The smallest absolute Gasteiger partial charge is 0.264 e. The summed E-state index contributed by atoms with van der Waals surface area (Å²) in [4.78, 5) is 30.1. The zero-order valence-corrected chi connectivity index (χ0v) is 29.1. The van der Waals surface area contributed by atoms with Gasteiger partial charge in [0.2, 0.25) is 11.8 Å². The van der Waals surface area contributed by atoms with E-state index in [1.165, 1.54) is 9.21 Å². The van der Waals surface area contributed by atoms with Gasteiger partial charge in [0.05, 0.1) is 10.6 Å². The summed E-state index contributed by atoms with van der Waals surface area (Å²) in [5, 5.41) is 3.03. The summed E-state index contributed by atoms with van der Waals surface area (Å²) in [5.41, 5.74) is 3.87. The number of unbranched alkanes of at least 4 members (excludes halogenated alkanes) is 1. The predicted molar refractivity (Wildman–Crippen MR) is 188 cm³/mol. The maximum atomic E-state index is 14.6. The van der Waals surface area contributed by atoms with Crippen LogP contribution in [-0.4, -0.2) is 44.3 Å². The largest absolute Gasteiger partial charge is 0.354 e. The molecule has 0 aliphatic rings. The zero-order chi connectivity index (χ0) is 33.1. The first kappa shape index (κ1) is 34.9. The number of amides is 2. The highest BCUT2D eigenvalue weighted by Crippen LogP contribution is 2.29. The van der Waals surface area contributed by atoms with Crippen LogP contribution in [0, 0.1) is 6.92 Å². The number of para-hydroxylation sites is 1. The quantitative estimate of drug-likeness (QED) is 0.134. The van der Waals surface area contributed by atoms with Gasteiger partial charge in [-0.1, -0.05) is 115 Å². The first-order valence-corrected chi connectivity index (χ1v) is 17.9. The van der Waals surface area contributed by atoms with E-state index in [-0.39, 0.29) is 23.8 Å². The second-order valence-electron chi connectivity index (χ2n) is 11.3. The molecule has 9 heteroatoms. The number of aryl methyl sites for hydroxylation is 2. The highest BCUT2D eigenvalue weighted by Gasteiger charge is 2.35. The third kappa shape index (κ3) is 9.07. The van der Waals surface area contributed by atoms with E-state index in [1.54, 1.807) is 36.4 Å². The van der Waals surface area contributed by atoms with Crippen molar-refractivity contribution < 1.29 is 18.0 Å². The van der Waals surface area contributed by atoms with E-state index in [0.29, 0.717) is 18.7 Å². The number of halogens is 1. The van der Waals surface area contributed by atoms with Crippen LogP contribution in [0.3, 0.4) is 0 Å². The first-order valence-electron chi connectivity index (χ1n) is 15.7. The van der Waals surface area contributed by atoms with Crippen LogP contribution in [0.25, 0.3) is 0 Å². The van der Waals surface area contributed by atoms with Crippen molar-refractivity contribution in [1.82, 2.24) is 10.2 Å². The van der Waals surface area contributed by atoms with Crippen LogP contribution >= 0.6 is 15.9 Å². The molecule has 0 radical (unpaired) electrons. The molecule has 1 atom stereocenters. The standard InChI is InChI=1S/C37H42BrN3O4S/c1-4-6-24-39-37(43)35(25-29-12-8-7-9-13-29)40(26-30-18-20-32(38)21-19-30)36(42)27-41(34-15-11-10-14-31(34)5-2)46(44,45)33-22-16-28(3)17-23-33/h7-23,35H,4-6,24-27H2,1-3H3,(H,39,43)/t35-/m0/s1. The number of hydrogen-bond acceptors (Lipinski definition) is 4. The van der Waals surface area contributed by atoms with E-state index in [1.807, 2.05) is 87.5 Å². The van der Waals surface area contributed by atoms with Crippen molar-refractivity contribution >= 4 is 43.5 Å². The van der Waals surface area contributed by atoms with Crippen LogP contribution in [0.4, 0.5) is 5.69 Å². The molecule has 0 aliphatic heterocycles. The topological polar surface area (TPSA) is 86.8 Å². The fourth-order valence-corrected chi connectivity index (χ4v) is 6.97. The van der Waals surface area contributed by atoms with Gasteiger partial charge in [-0.2, -0.15) is 0 Å². The molecule has 0 aliphatic carbocycles. The van der Waals surface area contributed by atoms with Gasteiger partial charge >= 0.3 is 0 Å². The van der Waals surface area contributed by atoms with Gasteiger partial charge < -0.3 is 10.2 Å². The number of nitrogens with one attached hydrogen (secondary N) is 1. The third-order valence-corrected chi connectivity index (χ3v) is 10.2. The summed E-state index contributed by atoms with van der Waals surface area (Å²) in [6.07, 6.45) is 2.56. The number of rotatable bonds is 15. The fraction of sp³-hybridized carbons (Fsp3) is 0.297. The van der Waals surface area contributed by atoms with Crippen LogP contribution in [0.5, 0.6) is 0 Å². The summed E-state index contributed by atoms with van der Waals surface area (Å²) >= 11 is 3.47. The molecule has 0 saturated carbocycles. The molecule has 1 N–H and O–H groups in total.